The molecule has 0 aromatic carbocycles. The van der Waals surface area contributed by atoms with Crippen molar-refractivity contribution < 1.29 is 4.84 Å². The Morgan fingerprint density at radius 2 is 2.23 bits per heavy atom. The number of hydrogen-bond acceptors (Lipinski definition) is 4. The molecule has 0 amide bonds. The summed E-state index contributed by atoms with van der Waals surface area (Å²) in [6, 6.07) is 0. The summed E-state index contributed by atoms with van der Waals surface area (Å²) in [7, 11) is 3.50. The van der Waals surface area contributed by atoms with E-state index in [1.165, 1.54) is 0 Å². The van der Waals surface area contributed by atoms with Crippen molar-refractivity contribution in [2.75, 3.05) is 7.11 Å². The average Bonchev–Trinajstić information content (AvgIpc) is 2.33. The van der Waals surface area contributed by atoms with Gasteiger partial charge in [-0.3, -0.25) is 0 Å². The summed E-state index contributed by atoms with van der Waals surface area (Å²) < 4.78 is 2.84. The van der Waals surface area contributed by atoms with Crippen LogP contribution in [0.1, 0.15) is 17.5 Å². The minimum absolute atomic E-state index is 0.859. The Bertz CT molecular complexity index is 389. The number of hydrogen-bond donors (Lipinski definition) is 0. The summed E-state index contributed by atoms with van der Waals surface area (Å²) in [4.78, 5) is 5.81. The van der Waals surface area contributed by atoms with Gasteiger partial charge in [0, 0.05) is 12.7 Å². The van der Waals surface area contributed by atoms with Gasteiger partial charge in [0.25, 0.3) is 0 Å². The molecule has 0 unspecified atom stereocenters. The molecular weight excluding hydrogens is 204 g/mol. The van der Waals surface area contributed by atoms with Gasteiger partial charge < -0.3 is 9.40 Å². The molecule has 0 fully saturated rings. The molecule has 0 N–H and O–H groups in total. The summed E-state index contributed by atoms with van der Waals surface area (Å²) in [5, 5.41) is 3.88. The predicted molar refractivity (Wildman–Crippen MR) is 58.1 cm³/mol. The van der Waals surface area contributed by atoms with Gasteiger partial charge in [0.2, 0.25) is 0 Å². The van der Waals surface area contributed by atoms with Gasteiger partial charge in [-0.2, -0.15) is 0 Å². The first-order valence-electron chi connectivity index (χ1n) is 3.82. The fourth-order valence-corrected chi connectivity index (χ4v) is 2.34. The van der Waals surface area contributed by atoms with Crippen molar-refractivity contribution in [1.82, 2.24) is 4.57 Å². The van der Waals surface area contributed by atoms with E-state index in [-0.39, 0.29) is 0 Å². The van der Waals surface area contributed by atoms with Crippen LogP contribution in [-0.2, 0) is 11.9 Å². The SMILES string of the molecule is CO/N=C(\C)c1sc(=S)n(C)c1C. The Kier molecular flexibility index (Phi) is 3.22. The molecule has 1 rings (SSSR count). The van der Waals surface area contributed by atoms with Crippen molar-refractivity contribution in [1.29, 1.82) is 0 Å². The lowest BCUT2D eigenvalue weighted by atomic mass is 10.3. The number of oxime groups is 1. The molecule has 72 valence electrons. The summed E-state index contributed by atoms with van der Waals surface area (Å²) in [6.07, 6.45) is 0. The molecule has 3 nitrogen and oxygen atoms in total. The van der Waals surface area contributed by atoms with Crippen molar-refractivity contribution in [3.63, 3.8) is 0 Å². The second kappa shape index (κ2) is 4.02. The molecule has 0 aliphatic heterocycles. The highest BCUT2D eigenvalue weighted by atomic mass is 32.1. The van der Waals surface area contributed by atoms with E-state index in [0.29, 0.717) is 0 Å². The minimum Gasteiger partial charge on any atom is -0.399 e. The van der Waals surface area contributed by atoms with Gasteiger partial charge in [0.05, 0.1) is 10.6 Å². The highest BCUT2D eigenvalue weighted by Gasteiger charge is 2.08. The zero-order chi connectivity index (χ0) is 10.0. The molecule has 0 atom stereocenters. The average molecular weight is 216 g/mol. The minimum atomic E-state index is 0.859. The maximum Gasteiger partial charge on any atom is 0.161 e. The normalized spacial score (nSPS) is 11.8. The Morgan fingerprint density at radius 3 is 2.62 bits per heavy atom. The smallest absolute Gasteiger partial charge is 0.161 e. The Balaban J connectivity index is 3.24. The zero-order valence-electron chi connectivity index (χ0n) is 8.12. The zero-order valence-corrected chi connectivity index (χ0v) is 9.75. The van der Waals surface area contributed by atoms with Crippen molar-refractivity contribution >= 4 is 29.3 Å². The summed E-state index contributed by atoms with van der Waals surface area (Å²) in [5.74, 6) is 0. The third-order valence-electron chi connectivity index (χ3n) is 1.85. The first kappa shape index (κ1) is 10.4. The van der Waals surface area contributed by atoms with E-state index >= 15 is 0 Å². The molecule has 0 saturated heterocycles. The van der Waals surface area contributed by atoms with Gasteiger partial charge in [-0.25, -0.2) is 0 Å². The van der Waals surface area contributed by atoms with Crippen molar-refractivity contribution in [2.45, 2.75) is 13.8 Å². The van der Waals surface area contributed by atoms with E-state index < -0.39 is 0 Å². The lowest BCUT2D eigenvalue weighted by Crippen LogP contribution is -1.98. The lowest BCUT2D eigenvalue weighted by molar-refractivity contribution is 0.213. The van der Waals surface area contributed by atoms with Crippen LogP contribution in [0.25, 0.3) is 0 Å². The van der Waals surface area contributed by atoms with Crippen molar-refractivity contribution in [3.05, 3.63) is 14.5 Å². The summed E-state index contributed by atoms with van der Waals surface area (Å²) in [5.41, 5.74) is 2.00. The standard InChI is InChI=1S/C8H12N2OS2/c1-5(9-11-4)7-6(2)10(3)8(12)13-7/h1-4H3/b9-5+. The molecule has 0 spiro atoms. The predicted octanol–water partition coefficient (Wildman–Crippen LogP) is 2.49. The highest BCUT2D eigenvalue weighted by molar-refractivity contribution is 7.73. The molecule has 1 aromatic rings. The Hall–Kier alpha value is -0.680. The number of nitrogens with zero attached hydrogens (tertiary/aromatic N) is 2. The molecule has 0 saturated carbocycles. The maximum absolute atomic E-state index is 5.15. The third kappa shape index (κ3) is 1.97. The van der Waals surface area contributed by atoms with Crippen molar-refractivity contribution in [2.24, 2.45) is 12.2 Å². The van der Waals surface area contributed by atoms with Crippen LogP contribution in [-0.4, -0.2) is 17.4 Å². The second-order valence-electron chi connectivity index (χ2n) is 2.70. The van der Waals surface area contributed by atoms with Crippen LogP contribution < -0.4 is 0 Å². The van der Waals surface area contributed by atoms with Crippen LogP contribution in [0.3, 0.4) is 0 Å². The van der Waals surface area contributed by atoms with E-state index in [2.05, 4.69) is 5.16 Å². The van der Waals surface area contributed by atoms with Crippen LogP contribution in [0.15, 0.2) is 5.16 Å². The van der Waals surface area contributed by atoms with E-state index in [4.69, 9.17) is 17.1 Å². The second-order valence-corrected chi connectivity index (χ2v) is 4.34. The molecule has 0 aliphatic carbocycles. The molecule has 1 aromatic heterocycles. The number of thiazole rings is 1. The topological polar surface area (TPSA) is 26.5 Å². The van der Waals surface area contributed by atoms with Crippen LogP contribution in [0, 0.1) is 10.9 Å². The van der Waals surface area contributed by atoms with Gasteiger partial charge in [-0.15, -0.1) is 11.3 Å². The Labute approximate surface area is 86.6 Å². The molecular formula is C8H12N2OS2. The van der Waals surface area contributed by atoms with Gasteiger partial charge >= 0.3 is 0 Å². The third-order valence-corrected chi connectivity index (χ3v) is 3.62. The summed E-state index contributed by atoms with van der Waals surface area (Å²) >= 11 is 6.71. The van der Waals surface area contributed by atoms with E-state index in [1.807, 2.05) is 25.5 Å². The fraction of sp³-hybridized carbons (Fsp3) is 0.500. The van der Waals surface area contributed by atoms with Gasteiger partial charge in [-0.1, -0.05) is 5.16 Å². The van der Waals surface area contributed by atoms with Gasteiger partial charge in [0.15, 0.2) is 3.95 Å². The molecule has 0 aliphatic rings. The van der Waals surface area contributed by atoms with Crippen LogP contribution >= 0.6 is 23.6 Å². The molecule has 13 heavy (non-hydrogen) atoms. The van der Waals surface area contributed by atoms with Crippen molar-refractivity contribution in [3.8, 4) is 0 Å². The maximum atomic E-state index is 5.15. The molecule has 0 radical (unpaired) electrons. The molecule has 0 bridgehead atoms. The van der Waals surface area contributed by atoms with Crippen LogP contribution in [0.2, 0.25) is 0 Å². The Morgan fingerprint density at radius 1 is 1.62 bits per heavy atom. The largest absolute Gasteiger partial charge is 0.399 e. The lowest BCUT2D eigenvalue weighted by Gasteiger charge is -1.98. The summed E-state index contributed by atoms with van der Waals surface area (Å²) in [6.45, 7) is 3.94. The van der Waals surface area contributed by atoms with E-state index in [0.717, 1.165) is 20.2 Å². The fourth-order valence-electron chi connectivity index (χ4n) is 1.03. The van der Waals surface area contributed by atoms with Crippen LogP contribution in [0.5, 0.6) is 0 Å². The quantitative estimate of drug-likeness (QED) is 0.431. The van der Waals surface area contributed by atoms with E-state index in [1.54, 1.807) is 18.4 Å². The van der Waals surface area contributed by atoms with Crippen LogP contribution in [0.4, 0.5) is 0 Å². The molecule has 5 heteroatoms. The monoisotopic (exact) mass is 216 g/mol. The number of aromatic nitrogens is 1. The van der Waals surface area contributed by atoms with E-state index in [9.17, 15) is 0 Å². The number of rotatable bonds is 2. The van der Waals surface area contributed by atoms with Gasteiger partial charge in [-0.05, 0) is 26.1 Å². The first-order chi connectivity index (χ1) is 6.07. The highest BCUT2D eigenvalue weighted by Crippen LogP contribution is 2.18. The van der Waals surface area contributed by atoms with Gasteiger partial charge in [0.1, 0.15) is 7.11 Å². The first-order valence-corrected chi connectivity index (χ1v) is 5.05. The molecule has 1 heterocycles.